The Morgan fingerprint density at radius 1 is 1.43 bits per heavy atom. The lowest BCUT2D eigenvalue weighted by Crippen LogP contribution is -2.28. The zero-order chi connectivity index (χ0) is 10.1. The second kappa shape index (κ2) is 3.17. The lowest BCUT2D eigenvalue weighted by Gasteiger charge is -2.06. The molecule has 0 radical (unpaired) electrons. The number of nitrogens with zero attached hydrogens (tertiary/aromatic N) is 1. The number of hydrogen-bond donors (Lipinski definition) is 2. The summed E-state index contributed by atoms with van der Waals surface area (Å²) in [6, 6.07) is 1.00. The number of rotatable bonds is 1. The second-order valence-electron chi connectivity index (χ2n) is 3.22. The highest BCUT2D eigenvalue weighted by Crippen LogP contribution is 2.23. The summed E-state index contributed by atoms with van der Waals surface area (Å²) in [6.07, 6.45) is 4.51. The van der Waals surface area contributed by atoms with E-state index < -0.39 is 11.2 Å². The van der Waals surface area contributed by atoms with Gasteiger partial charge in [-0.15, -0.1) is 0 Å². The number of hydrogen-bond acceptors (Lipinski definition) is 3. The normalized spacial score (nSPS) is 15.6. The molecule has 0 fully saturated rings. The smallest absolute Gasteiger partial charge is 0.335 e. The Morgan fingerprint density at radius 2 is 2.21 bits per heavy atom. The minimum absolute atomic E-state index is 0.299. The van der Waals surface area contributed by atoms with Crippen molar-refractivity contribution in [3.05, 3.63) is 33.0 Å². The fourth-order valence-electron chi connectivity index (χ4n) is 1.62. The Balaban J connectivity index is 2.63. The molecule has 0 saturated heterocycles. The van der Waals surface area contributed by atoms with E-state index in [1.807, 2.05) is 6.08 Å². The van der Waals surface area contributed by atoms with E-state index in [0.29, 0.717) is 0 Å². The van der Waals surface area contributed by atoms with Crippen LogP contribution in [0.25, 0.3) is 5.70 Å². The van der Waals surface area contributed by atoms with Gasteiger partial charge in [-0.25, -0.2) is 9.36 Å². The number of allylic oxidation sites excluding steroid dienone is 2. The first-order chi connectivity index (χ1) is 6.68. The predicted octanol–water partition coefficient (Wildman–Crippen LogP) is 0.267. The summed E-state index contributed by atoms with van der Waals surface area (Å²) in [4.78, 5) is 24.3. The lowest BCUT2D eigenvalue weighted by atomic mass is 10.3. The van der Waals surface area contributed by atoms with Crippen molar-refractivity contribution in [3.63, 3.8) is 0 Å². The third-order valence-corrected chi connectivity index (χ3v) is 2.23. The van der Waals surface area contributed by atoms with Crippen molar-refractivity contribution in [1.29, 1.82) is 0 Å². The first-order valence-corrected chi connectivity index (χ1v) is 4.43. The van der Waals surface area contributed by atoms with Crippen LogP contribution in [0.3, 0.4) is 0 Å². The van der Waals surface area contributed by atoms with E-state index in [0.717, 1.165) is 35.6 Å². The number of nitrogens with one attached hydrogen (secondary N) is 1. The summed E-state index contributed by atoms with van der Waals surface area (Å²) in [6.45, 7) is 0. The van der Waals surface area contributed by atoms with Crippen LogP contribution in [0, 0.1) is 0 Å². The van der Waals surface area contributed by atoms with Crippen molar-refractivity contribution >= 4 is 5.70 Å². The van der Waals surface area contributed by atoms with Crippen molar-refractivity contribution in [2.75, 3.05) is 0 Å². The maximum absolute atomic E-state index is 11.4. The highest BCUT2D eigenvalue weighted by molar-refractivity contribution is 5.49. The standard InChI is InChI=1S/C9H10N2O3/c12-7-5-8(13)11(9(14)10-7)6-3-1-2-4-6/h3,5,13H,1-2,4H2,(H,10,12,14). The number of H-pyrrole nitrogens is 1. The zero-order valence-electron chi connectivity index (χ0n) is 7.49. The molecule has 0 spiro atoms. The molecule has 2 rings (SSSR count). The zero-order valence-corrected chi connectivity index (χ0v) is 7.49. The van der Waals surface area contributed by atoms with Crippen LogP contribution in [0.15, 0.2) is 21.7 Å². The Hall–Kier alpha value is -1.78. The van der Waals surface area contributed by atoms with Crippen LogP contribution < -0.4 is 11.2 Å². The summed E-state index contributed by atoms with van der Waals surface area (Å²) in [5.41, 5.74) is -0.408. The van der Waals surface area contributed by atoms with Gasteiger partial charge in [-0.2, -0.15) is 0 Å². The maximum atomic E-state index is 11.4. The van der Waals surface area contributed by atoms with Crippen LogP contribution in [0.5, 0.6) is 5.88 Å². The lowest BCUT2D eigenvalue weighted by molar-refractivity contribution is 0.432. The Labute approximate surface area is 79.3 Å². The molecule has 0 atom stereocenters. The van der Waals surface area contributed by atoms with Gasteiger partial charge < -0.3 is 5.11 Å². The van der Waals surface area contributed by atoms with E-state index in [4.69, 9.17) is 0 Å². The minimum Gasteiger partial charge on any atom is -0.494 e. The second-order valence-corrected chi connectivity index (χ2v) is 3.22. The summed E-state index contributed by atoms with van der Waals surface area (Å²) in [5.74, 6) is -0.299. The molecule has 1 aliphatic carbocycles. The molecule has 0 saturated carbocycles. The van der Waals surface area contributed by atoms with Crippen LogP contribution in [-0.2, 0) is 0 Å². The van der Waals surface area contributed by atoms with Crippen molar-refractivity contribution in [2.45, 2.75) is 19.3 Å². The minimum atomic E-state index is -0.581. The molecule has 5 nitrogen and oxygen atoms in total. The van der Waals surface area contributed by atoms with E-state index in [9.17, 15) is 14.7 Å². The Morgan fingerprint density at radius 3 is 2.79 bits per heavy atom. The molecule has 74 valence electrons. The van der Waals surface area contributed by atoms with E-state index >= 15 is 0 Å². The molecule has 5 heteroatoms. The Bertz CT molecular complexity index is 496. The van der Waals surface area contributed by atoms with E-state index in [1.54, 1.807) is 0 Å². The third kappa shape index (κ3) is 1.37. The summed E-state index contributed by atoms with van der Waals surface area (Å²) < 4.78 is 1.13. The van der Waals surface area contributed by atoms with Gasteiger partial charge in [0.15, 0.2) is 0 Å². The SMILES string of the molecule is O=c1cc(O)n(C2=CCCC2)c(=O)[nH]1. The monoisotopic (exact) mass is 194 g/mol. The van der Waals surface area contributed by atoms with E-state index in [-0.39, 0.29) is 5.88 Å². The van der Waals surface area contributed by atoms with Gasteiger partial charge in [0.25, 0.3) is 5.56 Å². The quantitative estimate of drug-likeness (QED) is 0.673. The summed E-state index contributed by atoms with van der Waals surface area (Å²) in [5, 5.41) is 9.43. The van der Waals surface area contributed by atoms with Gasteiger partial charge in [0.2, 0.25) is 5.88 Å². The van der Waals surface area contributed by atoms with Crippen molar-refractivity contribution in [2.24, 2.45) is 0 Å². The predicted molar refractivity (Wildman–Crippen MR) is 51.1 cm³/mol. The first-order valence-electron chi connectivity index (χ1n) is 4.43. The largest absolute Gasteiger partial charge is 0.494 e. The fraction of sp³-hybridized carbons (Fsp3) is 0.333. The van der Waals surface area contributed by atoms with Crippen molar-refractivity contribution in [1.82, 2.24) is 9.55 Å². The van der Waals surface area contributed by atoms with Crippen LogP contribution in [0.1, 0.15) is 19.3 Å². The number of aromatic hydroxyl groups is 1. The van der Waals surface area contributed by atoms with Crippen molar-refractivity contribution < 1.29 is 5.11 Å². The number of aromatic amines is 1. The highest BCUT2D eigenvalue weighted by atomic mass is 16.3. The van der Waals surface area contributed by atoms with E-state index in [2.05, 4.69) is 4.98 Å². The molecule has 0 aliphatic heterocycles. The molecule has 0 amide bonds. The molecule has 0 bridgehead atoms. The topological polar surface area (TPSA) is 75.1 Å². The van der Waals surface area contributed by atoms with Gasteiger partial charge in [-0.3, -0.25) is 9.78 Å². The van der Waals surface area contributed by atoms with Gasteiger partial charge in [0.05, 0.1) is 6.07 Å². The summed E-state index contributed by atoms with van der Waals surface area (Å²) >= 11 is 0. The maximum Gasteiger partial charge on any atom is 0.335 e. The van der Waals surface area contributed by atoms with Gasteiger partial charge in [0, 0.05) is 5.70 Å². The van der Waals surface area contributed by atoms with Gasteiger partial charge in [-0.05, 0) is 19.3 Å². The molecule has 14 heavy (non-hydrogen) atoms. The van der Waals surface area contributed by atoms with E-state index in [1.165, 1.54) is 0 Å². The number of aromatic nitrogens is 2. The Kier molecular flexibility index (Phi) is 1.99. The molecular weight excluding hydrogens is 184 g/mol. The molecule has 1 aromatic rings. The fourth-order valence-corrected chi connectivity index (χ4v) is 1.62. The molecular formula is C9H10N2O3. The van der Waals surface area contributed by atoms with Gasteiger partial charge in [0.1, 0.15) is 0 Å². The molecule has 0 aromatic carbocycles. The first kappa shape index (κ1) is 8.80. The van der Waals surface area contributed by atoms with Crippen LogP contribution >= 0.6 is 0 Å². The van der Waals surface area contributed by atoms with Crippen LogP contribution in [-0.4, -0.2) is 14.7 Å². The average molecular weight is 194 g/mol. The molecule has 1 aromatic heterocycles. The molecule has 2 N–H and O–H groups in total. The van der Waals surface area contributed by atoms with Gasteiger partial charge >= 0.3 is 5.69 Å². The summed E-state index contributed by atoms with van der Waals surface area (Å²) in [7, 11) is 0. The average Bonchev–Trinajstić information content (AvgIpc) is 2.54. The molecule has 0 unspecified atom stereocenters. The van der Waals surface area contributed by atoms with Crippen LogP contribution in [0.4, 0.5) is 0 Å². The molecule has 1 heterocycles. The van der Waals surface area contributed by atoms with Crippen LogP contribution in [0.2, 0.25) is 0 Å². The van der Waals surface area contributed by atoms with Gasteiger partial charge in [-0.1, -0.05) is 6.08 Å². The third-order valence-electron chi connectivity index (χ3n) is 2.23. The molecule has 1 aliphatic rings. The van der Waals surface area contributed by atoms with Crippen molar-refractivity contribution in [3.8, 4) is 5.88 Å². The highest BCUT2D eigenvalue weighted by Gasteiger charge is 2.12.